The molecule has 6 heteroatoms. The van der Waals surface area contributed by atoms with Crippen molar-refractivity contribution < 1.29 is 9.53 Å². The summed E-state index contributed by atoms with van der Waals surface area (Å²) in [4.78, 5) is 14.9. The smallest absolute Gasteiger partial charge is 0.227 e. The van der Waals surface area contributed by atoms with Gasteiger partial charge in [0.05, 0.1) is 17.3 Å². The number of ether oxygens (including phenoxy) is 1. The van der Waals surface area contributed by atoms with Gasteiger partial charge >= 0.3 is 0 Å². The molecule has 1 aliphatic heterocycles. The van der Waals surface area contributed by atoms with Gasteiger partial charge in [0.2, 0.25) is 5.91 Å². The Morgan fingerprint density at radius 3 is 2.00 bits per heavy atom. The third-order valence-electron chi connectivity index (χ3n) is 6.87. The van der Waals surface area contributed by atoms with E-state index in [1.807, 2.05) is 77.7 Å². The second kappa shape index (κ2) is 9.64. The molecule has 0 N–H and O–H groups in total. The summed E-state index contributed by atoms with van der Waals surface area (Å²) in [6, 6.07) is 36.8. The van der Waals surface area contributed by atoms with Gasteiger partial charge in [-0.05, 0) is 52.8 Å². The van der Waals surface area contributed by atoms with E-state index in [0.29, 0.717) is 13.0 Å². The largest absolute Gasteiger partial charge is 0.359 e. The molecule has 5 nitrogen and oxygen atoms in total. The van der Waals surface area contributed by atoms with Crippen molar-refractivity contribution in [2.24, 2.45) is 0 Å². The second-order valence-electron chi connectivity index (χ2n) is 8.97. The van der Waals surface area contributed by atoms with Crippen LogP contribution in [-0.2, 0) is 15.1 Å². The number of fused-ring (bicyclic) bond motifs is 1. The van der Waals surface area contributed by atoms with Crippen molar-refractivity contribution in [1.29, 1.82) is 0 Å². The summed E-state index contributed by atoms with van der Waals surface area (Å²) >= 11 is 1.34. The molecule has 0 saturated carbocycles. The molecule has 5 aromatic rings. The Morgan fingerprint density at radius 1 is 0.833 bits per heavy atom. The van der Waals surface area contributed by atoms with Gasteiger partial charge in [0.25, 0.3) is 0 Å². The molecule has 0 radical (unpaired) electrons. The zero-order chi connectivity index (χ0) is 24.4. The fourth-order valence-corrected chi connectivity index (χ4v) is 5.76. The number of carbonyl (C=O) groups is 1. The lowest BCUT2D eigenvalue weighted by atomic mass is 9.80. The van der Waals surface area contributed by atoms with Crippen molar-refractivity contribution >= 4 is 33.3 Å². The summed E-state index contributed by atoms with van der Waals surface area (Å²) < 4.78 is 12.0. The molecule has 1 fully saturated rings. The van der Waals surface area contributed by atoms with Gasteiger partial charge in [-0.3, -0.25) is 4.79 Å². The maximum Gasteiger partial charge on any atom is 0.227 e. The van der Waals surface area contributed by atoms with Crippen molar-refractivity contribution in [3.8, 4) is 0 Å². The number of benzene rings is 4. The van der Waals surface area contributed by atoms with E-state index >= 15 is 0 Å². The topological polar surface area (TPSA) is 55.3 Å². The molecule has 0 spiro atoms. The van der Waals surface area contributed by atoms with E-state index in [-0.39, 0.29) is 11.9 Å². The van der Waals surface area contributed by atoms with Gasteiger partial charge in [-0.2, -0.15) is 0 Å². The Balaban J connectivity index is 1.41. The van der Waals surface area contributed by atoms with Crippen LogP contribution in [0.15, 0.2) is 109 Å². The Kier molecular flexibility index (Phi) is 6.05. The maximum atomic E-state index is 13.0. The molecule has 6 rings (SSSR count). The zero-order valence-corrected chi connectivity index (χ0v) is 20.5. The Morgan fingerprint density at radius 2 is 1.42 bits per heavy atom. The highest BCUT2D eigenvalue weighted by molar-refractivity contribution is 7.12. The summed E-state index contributed by atoms with van der Waals surface area (Å²) in [6.07, 6.45) is 1.24. The number of nitrogens with zero attached hydrogens (tertiary/aromatic N) is 3. The molecule has 1 unspecified atom stereocenters. The minimum atomic E-state index is -0.813. The van der Waals surface area contributed by atoms with Crippen LogP contribution in [0.4, 0.5) is 5.69 Å². The van der Waals surface area contributed by atoms with Gasteiger partial charge in [-0.25, -0.2) is 0 Å². The molecule has 36 heavy (non-hydrogen) atoms. The molecule has 1 atom stereocenters. The van der Waals surface area contributed by atoms with Crippen LogP contribution in [0.2, 0.25) is 0 Å². The van der Waals surface area contributed by atoms with Crippen LogP contribution >= 0.6 is 11.5 Å². The highest BCUT2D eigenvalue weighted by atomic mass is 32.1. The van der Waals surface area contributed by atoms with Crippen molar-refractivity contribution in [3.05, 3.63) is 126 Å². The molecule has 4 aromatic carbocycles. The molecule has 0 aliphatic carbocycles. The number of amides is 1. The van der Waals surface area contributed by atoms with Crippen LogP contribution in [0.25, 0.3) is 10.2 Å². The van der Waals surface area contributed by atoms with E-state index in [9.17, 15) is 4.79 Å². The van der Waals surface area contributed by atoms with Crippen molar-refractivity contribution in [3.63, 3.8) is 0 Å². The SMILES string of the molecule is O=C1CCC(COC(c2ccccc2)(c2ccccc2)c2ccccc2)N1c1ccc2nnsc2c1. The van der Waals surface area contributed by atoms with Crippen LogP contribution in [-0.4, -0.2) is 28.1 Å². The van der Waals surface area contributed by atoms with Gasteiger partial charge in [-0.1, -0.05) is 95.5 Å². The summed E-state index contributed by atoms with van der Waals surface area (Å²) in [5.41, 5.74) is 4.06. The lowest BCUT2D eigenvalue weighted by Gasteiger charge is -2.38. The van der Waals surface area contributed by atoms with Gasteiger partial charge in [-0.15, -0.1) is 5.10 Å². The predicted octanol–water partition coefficient (Wildman–Crippen LogP) is 6.20. The summed E-state index contributed by atoms with van der Waals surface area (Å²) in [5.74, 6) is 0.116. The summed E-state index contributed by atoms with van der Waals surface area (Å²) in [5, 5.41) is 4.13. The monoisotopic (exact) mass is 491 g/mol. The maximum absolute atomic E-state index is 13.0. The number of hydrogen-bond acceptors (Lipinski definition) is 5. The van der Waals surface area contributed by atoms with Gasteiger partial charge in [0, 0.05) is 12.1 Å². The Bertz CT molecular complexity index is 1380. The average Bonchev–Trinajstić information content (AvgIpc) is 3.56. The number of rotatable bonds is 7. The minimum Gasteiger partial charge on any atom is -0.359 e. The summed E-state index contributed by atoms with van der Waals surface area (Å²) in [6.45, 7) is 0.392. The molecule has 1 aromatic heterocycles. The fourth-order valence-electron chi connectivity index (χ4n) is 5.16. The second-order valence-corrected chi connectivity index (χ2v) is 9.76. The number of hydrogen-bond donors (Lipinski definition) is 0. The first kappa shape index (κ1) is 22.6. The molecule has 0 bridgehead atoms. The third-order valence-corrected chi connectivity index (χ3v) is 7.55. The van der Waals surface area contributed by atoms with E-state index in [1.54, 1.807) is 0 Å². The predicted molar refractivity (Wildman–Crippen MR) is 143 cm³/mol. The van der Waals surface area contributed by atoms with Crippen molar-refractivity contribution in [2.45, 2.75) is 24.5 Å². The van der Waals surface area contributed by atoms with Crippen LogP contribution in [0.3, 0.4) is 0 Å². The lowest BCUT2D eigenvalue weighted by Crippen LogP contribution is -2.41. The first-order valence-electron chi connectivity index (χ1n) is 12.1. The van der Waals surface area contributed by atoms with E-state index in [0.717, 1.165) is 39.0 Å². The lowest BCUT2D eigenvalue weighted by molar-refractivity contribution is -0.117. The average molecular weight is 492 g/mol. The molecule has 178 valence electrons. The van der Waals surface area contributed by atoms with E-state index < -0.39 is 5.60 Å². The molecular weight excluding hydrogens is 466 g/mol. The Hall–Kier alpha value is -3.87. The van der Waals surface area contributed by atoms with E-state index in [2.05, 4.69) is 46.0 Å². The normalized spacial score (nSPS) is 16.1. The van der Waals surface area contributed by atoms with Crippen molar-refractivity contribution in [1.82, 2.24) is 9.59 Å². The fraction of sp³-hybridized carbons (Fsp3) is 0.167. The number of anilines is 1. The molecular formula is C30H25N3O2S. The van der Waals surface area contributed by atoms with Gasteiger partial charge < -0.3 is 9.64 Å². The van der Waals surface area contributed by atoms with Gasteiger partial charge in [0.1, 0.15) is 11.1 Å². The van der Waals surface area contributed by atoms with Crippen LogP contribution < -0.4 is 4.90 Å². The van der Waals surface area contributed by atoms with Crippen LogP contribution in [0, 0.1) is 0 Å². The highest BCUT2D eigenvalue weighted by Gasteiger charge is 2.40. The summed E-state index contributed by atoms with van der Waals surface area (Å²) in [7, 11) is 0. The quantitative estimate of drug-likeness (QED) is 0.255. The highest BCUT2D eigenvalue weighted by Crippen LogP contribution is 2.41. The minimum absolute atomic E-state index is 0.0775. The third kappa shape index (κ3) is 3.98. The van der Waals surface area contributed by atoms with Crippen LogP contribution in [0.5, 0.6) is 0 Å². The van der Waals surface area contributed by atoms with Crippen LogP contribution in [0.1, 0.15) is 29.5 Å². The molecule has 1 saturated heterocycles. The molecule has 1 aliphatic rings. The van der Waals surface area contributed by atoms with Gasteiger partial charge in [0.15, 0.2) is 0 Å². The number of carbonyl (C=O) groups excluding carboxylic acids is 1. The zero-order valence-electron chi connectivity index (χ0n) is 19.7. The standard InChI is InChI=1S/C30H25N3O2S/c34-29-19-17-26(33(29)25-16-18-27-28(20-25)36-32-31-27)21-35-30(22-10-4-1-5-11-22,23-12-6-2-7-13-23)24-14-8-3-9-15-24/h1-16,18,20,26H,17,19,21H2. The van der Waals surface area contributed by atoms with Crippen molar-refractivity contribution in [2.75, 3.05) is 11.5 Å². The molecule has 2 heterocycles. The number of aromatic nitrogens is 2. The first-order chi connectivity index (χ1) is 17.8. The first-order valence-corrected chi connectivity index (χ1v) is 12.9. The van der Waals surface area contributed by atoms with E-state index in [1.165, 1.54) is 11.5 Å². The Labute approximate surface area is 214 Å². The van der Waals surface area contributed by atoms with E-state index in [4.69, 9.17) is 4.74 Å². The molecule has 1 amide bonds.